The Labute approximate surface area is 133 Å². The van der Waals surface area contributed by atoms with Crippen LogP contribution in [0, 0.1) is 16.2 Å². The van der Waals surface area contributed by atoms with Crippen LogP contribution in [0.15, 0.2) is 83.0 Å². The molecule has 3 aromatic carbocycles. The Balaban J connectivity index is 2.12. The van der Waals surface area contributed by atoms with Gasteiger partial charge in [-0.25, -0.2) is 0 Å². The highest BCUT2D eigenvalue weighted by Crippen LogP contribution is 2.38. The minimum atomic E-state index is -0.419. The summed E-state index contributed by atoms with van der Waals surface area (Å²) < 4.78 is 0. The standard InChI is InChI=1S/C18H12N3O2/c22-21(23)17-13-7-12-16(18(17)14-8-3-1-4-9-14)20-19-15-10-5-2-6-11-15/h1-11,13H. The summed E-state index contributed by atoms with van der Waals surface area (Å²) >= 11 is 0. The molecule has 0 fully saturated rings. The number of nitro groups is 1. The molecular formula is C18H12N3O2. The quantitative estimate of drug-likeness (QED) is 0.364. The molecule has 3 rings (SSSR count). The smallest absolute Gasteiger partial charge is 0.258 e. The van der Waals surface area contributed by atoms with Crippen LogP contribution < -0.4 is 0 Å². The Morgan fingerprint density at radius 1 is 0.870 bits per heavy atom. The molecule has 3 aromatic rings. The first-order chi connectivity index (χ1) is 11.3. The first-order valence-corrected chi connectivity index (χ1v) is 6.97. The van der Waals surface area contributed by atoms with Gasteiger partial charge in [0.1, 0.15) is 5.69 Å². The van der Waals surface area contributed by atoms with Gasteiger partial charge in [-0.2, -0.15) is 5.11 Å². The number of nitro benzene ring substituents is 1. The molecule has 0 N–H and O–H groups in total. The average molecular weight is 302 g/mol. The molecule has 1 radical (unpaired) electrons. The fourth-order valence-electron chi connectivity index (χ4n) is 2.20. The topological polar surface area (TPSA) is 67.9 Å². The molecule has 0 saturated carbocycles. The van der Waals surface area contributed by atoms with Gasteiger partial charge < -0.3 is 0 Å². The van der Waals surface area contributed by atoms with Crippen molar-refractivity contribution in [3.63, 3.8) is 0 Å². The average Bonchev–Trinajstić information content (AvgIpc) is 2.61. The predicted octanol–water partition coefficient (Wildman–Crippen LogP) is 5.48. The lowest BCUT2D eigenvalue weighted by atomic mass is 10.0. The minimum absolute atomic E-state index is 0.0167. The second kappa shape index (κ2) is 6.62. The second-order valence-corrected chi connectivity index (χ2v) is 4.75. The Hall–Kier alpha value is -3.34. The van der Waals surface area contributed by atoms with E-state index < -0.39 is 4.92 Å². The van der Waals surface area contributed by atoms with Crippen molar-refractivity contribution < 1.29 is 4.92 Å². The maximum Gasteiger partial charge on any atom is 0.279 e. The van der Waals surface area contributed by atoms with E-state index in [9.17, 15) is 10.1 Å². The summed E-state index contributed by atoms with van der Waals surface area (Å²) in [4.78, 5) is 10.9. The van der Waals surface area contributed by atoms with E-state index >= 15 is 0 Å². The van der Waals surface area contributed by atoms with E-state index in [1.54, 1.807) is 12.1 Å². The molecule has 0 aliphatic heterocycles. The maximum absolute atomic E-state index is 11.3. The molecule has 23 heavy (non-hydrogen) atoms. The molecule has 0 aromatic heterocycles. The maximum atomic E-state index is 11.3. The molecular weight excluding hydrogens is 290 g/mol. The number of rotatable bonds is 4. The molecule has 0 atom stereocenters. The molecule has 0 heterocycles. The molecule has 0 aliphatic rings. The highest BCUT2D eigenvalue weighted by Gasteiger charge is 2.19. The molecule has 0 spiro atoms. The van der Waals surface area contributed by atoms with Crippen LogP contribution in [0.4, 0.5) is 17.1 Å². The van der Waals surface area contributed by atoms with Crippen molar-refractivity contribution in [3.8, 4) is 11.1 Å². The molecule has 5 heteroatoms. The fraction of sp³-hybridized carbons (Fsp3) is 0. The van der Waals surface area contributed by atoms with Crippen molar-refractivity contribution in [2.45, 2.75) is 0 Å². The molecule has 5 nitrogen and oxygen atoms in total. The van der Waals surface area contributed by atoms with Gasteiger partial charge in [-0.15, -0.1) is 5.11 Å². The third kappa shape index (κ3) is 3.29. The van der Waals surface area contributed by atoms with Gasteiger partial charge in [0.25, 0.3) is 5.69 Å². The molecule has 0 saturated heterocycles. The summed E-state index contributed by atoms with van der Waals surface area (Å²) in [7, 11) is 0. The normalized spacial score (nSPS) is 10.8. The van der Waals surface area contributed by atoms with Crippen molar-refractivity contribution in [1.82, 2.24) is 0 Å². The van der Waals surface area contributed by atoms with Crippen LogP contribution >= 0.6 is 0 Å². The van der Waals surface area contributed by atoms with Gasteiger partial charge in [-0.1, -0.05) is 48.5 Å². The molecule has 111 valence electrons. The monoisotopic (exact) mass is 302 g/mol. The number of nitrogens with zero attached hydrogens (tertiary/aromatic N) is 3. The van der Waals surface area contributed by atoms with E-state index in [-0.39, 0.29) is 5.69 Å². The van der Waals surface area contributed by atoms with Crippen LogP contribution in [0.5, 0.6) is 0 Å². The van der Waals surface area contributed by atoms with E-state index in [4.69, 9.17) is 0 Å². The number of hydrogen-bond acceptors (Lipinski definition) is 4. The van der Waals surface area contributed by atoms with Crippen LogP contribution in [-0.2, 0) is 0 Å². The zero-order valence-electron chi connectivity index (χ0n) is 12.1. The van der Waals surface area contributed by atoms with Gasteiger partial charge >= 0.3 is 0 Å². The van der Waals surface area contributed by atoms with Crippen molar-refractivity contribution in [3.05, 3.63) is 89.0 Å². The van der Waals surface area contributed by atoms with Gasteiger partial charge in [0.2, 0.25) is 0 Å². The summed E-state index contributed by atoms with van der Waals surface area (Å²) in [6, 6.07) is 24.2. The van der Waals surface area contributed by atoms with Crippen LogP contribution in [0.1, 0.15) is 0 Å². The van der Waals surface area contributed by atoms with Crippen LogP contribution in [0.2, 0.25) is 0 Å². The highest BCUT2D eigenvalue weighted by molar-refractivity contribution is 5.83. The second-order valence-electron chi connectivity index (χ2n) is 4.75. The minimum Gasteiger partial charge on any atom is -0.258 e. The third-order valence-electron chi connectivity index (χ3n) is 3.24. The zero-order valence-corrected chi connectivity index (χ0v) is 12.1. The third-order valence-corrected chi connectivity index (χ3v) is 3.24. The number of hydrogen-bond donors (Lipinski definition) is 0. The summed E-state index contributed by atoms with van der Waals surface area (Å²) in [5.74, 6) is 0. The van der Waals surface area contributed by atoms with Crippen molar-refractivity contribution in [2.24, 2.45) is 10.2 Å². The number of benzene rings is 3. The summed E-state index contributed by atoms with van der Waals surface area (Å²) in [5.41, 5.74) is 2.12. The lowest BCUT2D eigenvalue weighted by molar-refractivity contribution is -0.384. The highest BCUT2D eigenvalue weighted by atomic mass is 16.6. The summed E-state index contributed by atoms with van der Waals surface area (Å²) in [6.45, 7) is 0. The van der Waals surface area contributed by atoms with E-state index in [2.05, 4.69) is 16.3 Å². The SMILES string of the molecule is O=[N+]([O-])c1cc[c]c(N=Nc2ccccc2)c1-c1ccccc1. The Morgan fingerprint density at radius 3 is 2.17 bits per heavy atom. The lowest BCUT2D eigenvalue weighted by Crippen LogP contribution is -1.92. The molecule has 0 bridgehead atoms. The van der Waals surface area contributed by atoms with Gasteiger partial charge in [0.15, 0.2) is 0 Å². The first-order valence-electron chi connectivity index (χ1n) is 6.97. The largest absolute Gasteiger partial charge is 0.279 e. The van der Waals surface area contributed by atoms with Gasteiger partial charge in [0.05, 0.1) is 16.2 Å². The van der Waals surface area contributed by atoms with Crippen LogP contribution in [0.25, 0.3) is 11.1 Å². The van der Waals surface area contributed by atoms with Gasteiger partial charge in [0, 0.05) is 12.1 Å². The van der Waals surface area contributed by atoms with E-state index in [1.807, 2.05) is 48.5 Å². The lowest BCUT2D eigenvalue weighted by Gasteiger charge is -2.05. The molecule has 0 aliphatic carbocycles. The fourth-order valence-corrected chi connectivity index (χ4v) is 2.20. The zero-order chi connectivity index (χ0) is 16.1. The Bertz CT molecular complexity index is 847. The van der Waals surface area contributed by atoms with Gasteiger partial charge in [-0.3, -0.25) is 10.1 Å². The van der Waals surface area contributed by atoms with E-state index in [0.29, 0.717) is 22.5 Å². The van der Waals surface area contributed by atoms with Crippen LogP contribution in [-0.4, -0.2) is 4.92 Å². The predicted molar refractivity (Wildman–Crippen MR) is 88.0 cm³/mol. The van der Waals surface area contributed by atoms with Crippen LogP contribution in [0.3, 0.4) is 0 Å². The molecule has 0 amide bonds. The number of azo groups is 1. The van der Waals surface area contributed by atoms with Gasteiger partial charge in [-0.05, 0) is 23.8 Å². The van der Waals surface area contributed by atoms with Crippen molar-refractivity contribution >= 4 is 17.1 Å². The molecule has 0 unspecified atom stereocenters. The van der Waals surface area contributed by atoms with Crippen molar-refractivity contribution in [2.75, 3.05) is 0 Å². The van der Waals surface area contributed by atoms with E-state index in [1.165, 1.54) is 12.1 Å². The van der Waals surface area contributed by atoms with E-state index in [0.717, 1.165) is 0 Å². The first kappa shape index (κ1) is 14.6. The Kier molecular flexibility index (Phi) is 4.20. The summed E-state index contributed by atoms with van der Waals surface area (Å²) in [5, 5.41) is 19.6. The summed E-state index contributed by atoms with van der Waals surface area (Å²) in [6.07, 6.45) is 0. The van der Waals surface area contributed by atoms with Crippen molar-refractivity contribution in [1.29, 1.82) is 0 Å². The Morgan fingerprint density at radius 2 is 1.52 bits per heavy atom.